The molecule has 2 bridgehead atoms. The van der Waals surface area contributed by atoms with Crippen LogP contribution in [0.25, 0.3) is 22.3 Å². The minimum absolute atomic E-state index is 0.00844. The molecule has 6 heterocycles. The molecule has 1 saturated heterocycles. The van der Waals surface area contributed by atoms with Crippen molar-refractivity contribution in [1.82, 2.24) is 39.0 Å². The van der Waals surface area contributed by atoms with Crippen LogP contribution in [0.15, 0.2) is 23.6 Å². The highest BCUT2D eigenvalue weighted by molar-refractivity contribution is 8.44. The van der Waals surface area contributed by atoms with Gasteiger partial charge in [-0.15, -0.1) is 0 Å². The molecule has 41 heavy (non-hydrogen) atoms. The van der Waals surface area contributed by atoms with Gasteiger partial charge in [-0.1, -0.05) is 12.2 Å². The molecule has 0 saturated carbocycles. The average molecular weight is 650 g/mol. The summed E-state index contributed by atoms with van der Waals surface area (Å²) in [6.45, 7) is -8.70. The summed E-state index contributed by atoms with van der Waals surface area (Å²) in [4.78, 5) is 45.8. The highest BCUT2D eigenvalue weighted by Crippen LogP contribution is 2.57. The molecule has 1 fully saturated rings. The molecule has 0 amide bonds. The number of halogens is 1. The van der Waals surface area contributed by atoms with Crippen LogP contribution in [0.4, 0.5) is 10.3 Å². The van der Waals surface area contributed by atoms with Crippen LogP contribution in [-0.4, -0.2) is 75.5 Å². The number of alkyl halides is 1. The van der Waals surface area contributed by atoms with Crippen LogP contribution in [0.5, 0.6) is 0 Å². The average Bonchev–Trinajstić information content (AvgIpc) is 3.58. The van der Waals surface area contributed by atoms with Gasteiger partial charge in [0.1, 0.15) is 36.5 Å². The van der Waals surface area contributed by atoms with E-state index in [0.29, 0.717) is 30.0 Å². The standard InChI is InChI=1S/C19H22FN9O8P2S2/c20-12-10-5-34-38(31,40)33-3-1-2-28-11(25-9-4-22-7-23-15(9)28)6-35-39(32,41)37-14(12)18(36-10)29-8-24-13-16(29)26-19(21)27-17(13)30/h4,7-8,10,12,14,18H,1-3,5-6H2,(H,31,40)(H,32,41)(H3,21,26,27,30)/t10-,12-,14-,18+,38?,39?/m1/s1. The van der Waals surface area contributed by atoms with Crippen LogP contribution in [0.3, 0.4) is 0 Å². The Balaban J connectivity index is 1.37. The fraction of sp³-hybridized carbons (Fsp3) is 0.474. The minimum Gasteiger partial charge on any atom is -0.369 e. The molecule has 2 unspecified atom stereocenters. The summed E-state index contributed by atoms with van der Waals surface area (Å²) in [5.74, 6) is 0.0781. The van der Waals surface area contributed by atoms with Gasteiger partial charge in [-0.25, -0.2) is 28.9 Å². The highest BCUT2D eigenvalue weighted by atomic mass is 32.7. The summed E-state index contributed by atoms with van der Waals surface area (Å²) >= 11 is 9.15. The predicted octanol–water partition coefficient (Wildman–Crippen LogP) is 1.37. The van der Waals surface area contributed by atoms with Crippen molar-refractivity contribution >= 4 is 65.8 Å². The number of rotatable bonds is 1. The number of nitrogens with zero attached hydrogens (tertiary/aromatic N) is 7. The molecule has 2 aliphatic rings. The molecule has 0 radical (unpaired) electrons. The summed E-state index contributed by atoms with van der Waals surface area (Å²) in [5, 5.41) is 0. The van der Waals surface area contributed by atoms with Crippen molar-refractivity contribution in [2.24, 2.45) is 0 Å². The maximum Gasteiger partial charge on any atom is 0.387 e. The first kappa shape index (κ1) is 28.7. The third kappa shape index (κ3) is 5.81. The van der Waals surface area contributed by atoms with Gasteiger partial charge in [-0.2, -0.15) is 4.98 Å². The number of hydrogen-bond acceptors (Lipinski definition) is 14. The Morgan fingerprint density at radius 3 is 2.90 bits per heavy atom. The first-order valence-electron chi connectivity index (χ1n) is 12.0. The summed E-state index contributed by atoms with van der Waals surface area (Å²) in [6.07, 6.45) is -2.08. The molecule has 6 atom stereocenters. The molecule has 0 spiro atoms. The van der Waals surface area contributed by atoms with E-state index in [1.807, 2.05) is 0 Å². The van der Waals surface area contributed by atoms with Crippen molar-refractivity contribution in [3.63, 3.8) is 0 Å². The van der Waals surface area contributed by atoms with E-state index in [9.17, 15) is 14.3 Å². The van der Waals surface area contributed by atoms with Crippen molar-refractivity contribution in [3.8, 4) is 0 Å². The molecule has 4 aromatic rings. The third-order valence-corrected chi connectivity index (χ3v) is 9.48. The second-order valence-corrected chi connectivity index (χ2v) is 14.7. The van der Waals surface area contributed by atoms with Crippen LogP contribution < -0.4 is 11.3 Å². The van der Waals surface area contributed by atoms with E-state index in [1.165, 1.54) is 23.4 Å². The topological polar surface area (TPSA) is 217 Å². The Morgan fingerprint density at radius 1 is 1.24 bits per heavy atom. The lowest BCUT2D eigenvalue weighted by Crippen LogP contribution is -2.32. The maximum absolute atomic E-state index is 15.9. The first-order valence-corrected chi connectivity index (χ1v) is 17.2. The van der Waals surface area contributed by atoms with E-state index >= 15 is 4.39 Å². The van der Waals surface area contributed by atoms with Gasteiger partial charge in [-0.3, -0.25) is 23.4 Å². The zero-order valence-electron chi connectivity index (χ0n) is 20.7. The Labute approximate surface area is 239 Å². The molecule has 4 aromatic heterocycles. The van der Waals surface area contributed by atoms with Crippen molar-refractivity contribution in [2.45, 2.75) is 44.2 Å². The largest absolute Gasteiger partial charge is 0.387 e. The normalized spacial score (nSPS) is 31.9. The van der Waals surface area contributed by atoms with Gasteiger partial charge >= 0.3 is 13.5 Å². The predicted molar refractivity (Wildman–Crippen MR) is 146 cm³/mol. The number of H-pyrrole nitrogens is 1. The number of hydrogen-bond donors (Lipinski definition) is 4. The van der Waals surface area contributed by atoms with Gasteiger partial charge < -0.3 is 29.0 Å². The number of anilines is 1. The Hall–Kier alpha value is -2.38. The number of aromatic amines is 1. The van der Waals surface area contributed by atoms with Gasteiger partial charge in [0.15, 0.2) is 29.2 Å². The van der Waals surface area contributed by atoms with Crippen molar-refractivity contribution < 1.29 is 36.7 Å². The van der Waals surface area contributed by atoms with E-state index in [2.05, 4.69) is 42.2 Å². The number of imidazole rings is 2. The fourth-order valence-electron chi connectivity index (χ4n) is 4.50. The quantitative estimate of drug-likeness (QED) is 0.169. The van der Waals surface area contributed by atoms with E-state index in [4.69, 9.17) is 40.4 Å². The van der Waals surface area contributed by atoms with Crippen molar-refractivity contribution in [2.75, 3.05) is 18.9 Å². The summed E-state index contributed by atoms with van der Waals surface area (Å²) < 4.78 is 59.9. The van der Waals surface area contributed by atoms with E-state index < -0.39 is 50.3 Å². The van der Waals surface area contributed by atoms with Crippen LogP contribution >= 0.6 is 25.8 Å². The van der Waals surface area contributed by atoms with Crippen LogP contribution in [0.1, 0.15) is 18.5 Å². The molecule has 220 valence electrons. The highest BCUT2D eigenvalue weighted by Gasteiger charge is 2.51. The SMILES string of the molecule is Nc1nc2c(ncn2[C@H]2O[C@@H]3COP(O)(=S)OCCCn4c(nc5cncnc54)COP(=O)(S)O[C@@H]2[C@@H]3F)c(=O)[nH]1. The lowest BCUT2D eigenvalue weighted by Gasteiger charge is -2.24. The Kier molecular flexibility index (Phi) is 7.73. The number of nitrogens with one attached hydrogen (secondary N) is 1. The number of fused-ring (bicyclic) bond motifs is 6. The molecule has 0 aromatic carbocycles. The molecule has 17 nitrogen and oxygen atoms in total. The fourth-order valence-corrected chi connectivity index (χ4v) is 7.04. The zero-order valence-corrected chi connectivity index (χ0v) is 24.2. The summed E-state index contributed by atoms with van der Waals surface area (Å²) in [6, 6.07) is 0. The summed E-state index contributed by atoms with van der Waals surface area (Å²) in [5.41, 5.74) is 5.80. The third-order valence-electron chi connectivity index (χ3n) is 6.27. The minimum atomic E-state index is -4.30. The molecule has 6 rings (SSSR count). The Morgan fingerprint density at radius 2 is 2.07 bits per heavy atom. The molecule has 22 heteroatoms. The summed E-state index contributed by atoms with van der Waals surface area (Å²) in [7, 11) is 0. The van der Waals surface area contributed by atoms with Crippen molar-refractivity contribution in [1.29, 1.82) is 0 Å². The van der Waals surface area contributed by atoms with Gasteiger partial charge in [-0.05, 0) is 18.2 Å². The van der Waals surface area contributed by atoms with Gasteiger partial charge in [0.25, 0.3) is 5.56 Å². The molecule has 0 aliphatic carbocycles. The number of ether oxygens (including phenoxy) is 1. The maximum atomic E-state index is 15.9. The second-order valence-electron chi connectivity index (χ2n) is 8.96. The zero-order chi connectivity index (χ0) is 28.9. The number of thiol groups is 1. The van der Waals surface area contributed by atoms with Crippen LogP contribution in [-0.2, 0) is 52.4 Å². The smallest absolute Gasteiger partial charge is 0.369 e. The van der Waals surface area contributed by atoms with Gasteiger partial charge in [0, 0.05) is 6.54 Å². The van der Waals surface area contributed by atoms with Crippen LogP contribution in [0.2, 0.25) is 0 Å². The van der Waals surface area contributed by atoms with Gasteiger partial charge in [0.2, 0.25) is 5.95 Å². The van der Waals surface area contributed by atoms with Crippen LogP contribution in [0, 0.1) is 0 Å². The molecule has 4 N–H and O–H groups in total. The monoisotopic (exact) mass is 649 g/mol. The lowest BCUT2D eigenvalue weighted by atomic mass is 10.1. The number of aromatic nitrogens is 8. The molecule has 2 aliphatic heterocycles. The number of nitrogens with two attached hydrogens (primary N) is 1. The first-order chi connectivity index (χ1) is 19.5. The second kappa shape index (κ2) is 11.0. The van der Waals surface area contributed by atoms with E-state index in [1.54, 1.807) is 4.57 Å². The van der Waals surface area contributed by atoms with Gasteiger partial charge in [0.05, 0.1) is 25.7 Å². The van der Waals surface area contributed by atoms with E-state index in [0.717, 1.165) is 0 Å². The van der Waals surface area contributed by atoms with E-state index in [-0.39, 0.29) is 30.3 Å². The Bertz CT molecular complexity index is 1770. The lowest BCUT2D eigenvalue weighted by molar-refractivity contribution is -0.0451. The molecular formula is C19H22FN9O8P2S2. The molecular weight excluding hydrogens is 627 g/mol. The number of aryl methyl sites for hydroxylation is 1. The number of nitrogen functional groups attached to an aromatic ring is 1. The van der Waals surface area contributed by atoms with Crippen molar-refractivity contribution in [3.05, 3.63) is 35.0 Å².